The minimum absolute atomic E-state index is 0.236. The van der Waals surface area contributed by atoms with E-state index in [2.05, 4.69) is 25.5 Å². The molecule has 0 saturated carbocycles. The van der Waals surface area contributed by atoms with Crippen LogP contribution in [0.1, 0.15) is 34.5 Å². The number of carbonyl (C=O) groups is 1. The highest BCUT2D eigenvalue weighted by Crippen LogP contribution is 2.22. The van der Waals surface area contributed by atoms with Crippen molar-refractivity contribution in [3.8, 4) is 11.1 Å². The minimum atomic E-state index is -0.245. The molecule has 1 aromatic carbocycles. The van der Waals surface area contributed by atoms with Crippen molar-refractivity contribution >= 4 is 5.91 Å². The summed E-state index contributed by atoms with van der Waals surface area (Å²) >= 11 is 0. The quantitative estimate of drug-likeness (QED) is 0.737. The van der Waals surface area contributed by atoms with Gasteiger partial charge in [0.25, 0.3) is 5.91 Å². The fourth-order valence-electron chi connectivity index (χ4n) is 2.93. The fourth-order valence-corrected chi connectivity index (χ4v) is 2.93. The number of nitrogens with zero attached hydrogens (tertiary/aromatic N) is 3. The average molecular weight is 349 g/mol. The summed E-state index contributed by atoms with van der Waals surface area (Å²) in [6.07, 6.45) is 2.57. The molecule has 2 aromatic heterocycles. The second kappa shape index (κ2) is 7.45. The Kier molecular flexibility index (Phi) is 4.70. The van der Waals surface area contributed by atoms with Crippen molar-refractivity contribution in [3.63, 3.8) is 0 Å². The molecule has 3 heterocycles. The molecule has 0 radical (unpaired) electrons. The monoisotopic (exact) mass is 349 g/mol. The van der Waals surface area contributed by atoms with Crippen LogP contribution in [0, 0.1) is 0 Å². The van der Waals surface area contributed by atoms with Crippen molar-refractivity contribution in [2.45, 2.75) is 18.9 Å². The molecule has 0 bridgehead atoms. The summed E-state index contributed by atoms with van der Waals surface area (Å²) in [5.74, 6) is 1.36. The van der Waals surface area contributed by atoms with Crippen LogP contribution in [0.2, 0.25) is 0 Å². The van der Waals surface area contributed by atoms with Gasteiger partial charge in [0.1, 0.15) is 11.5 Å². The van der Waals surface area contributed by atoms with Gasteiger partial charge in [0.2, 0.25) is 0 Å². The van der Waals surface area contributed by atoms with Crippen molar-refractivity contribution in [3.05, 3.63) is 66.0 Å². The van der Waals surface area contributed by atoms with Crippen LogP contribution < -0.4 is 5.32 Å². The van der Waals surface area contributed by atoms with Gasteiger partial charge in [-0.3, -0.25) is 14.9 Å². The summed E-state index contributed by atoms with van der Waals surface area (Å²) in [5.41, 5.74) is 2.37. The van der Waals surface area contributed by atoms with Crippen LogP contribution in [0.5, 0.6) is 0 Å². The first-order valence-electron chi connectivity index (χ1n) is 8.58. The third-order valence-electron chi connectivity index (χ3n) is 4.36. The highest BCUT2D eigenvalue weighted by atomic mass is 16.5. The van der Waals surface area contributed by atoms with Gasteiger partial charge in [0.05, 0.1) is 13.2 Å². The highest BCUT2D eigenvalue weighted by Gasteiger charge is 2.22. The van der Waals surface area contributed by atoms with E-state index in [1.807, 2.05) is 36.4 Å². The molecule has 1 aliphatic rings. The molecule has 1 aliphatic heterocycles. The van der Waals surface area contributed by atoms with E-state index in [0.717, 1.165) is 30.0 Å². The van der Waals surface area contributed by atoms with Crippen LogP contribution in [0.25, 0.3) is 11.1 Å². The number of aromatic amines is 1. The van der Waals surface area contributed by atoms with Gasteiger partial charge in [0, 0.05) is 18.7 Å². The standard InChI is InChI=1S/C19H19N5O2/c25-19(16-10-14(6-8-20-16)13-4-2-1-3-5-13)21-11-17-22-18(24-23-17)15-7-9-26-12-15/h1-6,8,10,15H,7,9,11-12H2,(H,21,25)(H,22,23,24). The Bertz CT molecular complexity index is 888. The van der Waals surface area contributed by atoms with Crippen LogP contribution >= 0.6 is 0 Å². The van der Waals surface area contributed by atoms with Gasteiger partial charge in [0.15, 0.2) is 5.82 Å². The lowest BCUT2D eigenvalue weighted by atomic mass is 10.1. The summed E-state index contributed by atoms with van der Waals surface area (Å²) in [6, 6.07) is 13.6. The van der Waals surface area contributed by atoms with Crippen molar-refractivity contribution in [1.29, 1.82) is 0 Å². The predicted octanol–water partition coefficient (Wildman–Crippen LogP) is 2.30. The number of aromatic nitrogens is 4. The third-order valence-corrected chi connectivity index (χ3v) is 4.36. The third kappa shape index (κ3) is 3.62. The highest BCUT2D eigenvalue weighted by molar-refractivity contribution is 5.93. The maximum atomic E-state index is 12.4. The SMILES string of the molecule is O=C(NCc1nc(C2CCOC2)n[nH]1)c1cc(-c2ccccc2)ccn1. The van der Waals surface area contributed by atoms with Gasteiger partial charge in [-0.15, -0.1) is 0 Å². The molecule has 3 aromatic rings. The largest absolute Gasteiger partial charge is 0.381 e. The Labute approximate surface area is 150 Å². The van der Waals surface area contributed by atoms with E-state index < -0.39 is 0 Å². The van der Waals surface area contributed by atoms with Gasteiger partial charge in [-0.25, -0.2) is 4.98 Å². The predicted molar refractivity (Wildman–Crippen MR) is 95.4 cm³/mol. The summed E-state index contributed by atoms with van der Waals surface area (Å²) in [5, 5.41) is 9.93. The molecular formula is C19H19N5O2. The number of rotatable bonds is 5. The zero-order valence-corrected chi connectivity index (χ0v) is 14.2. The van der Waals surface area contributed by atoms with Crippen LogP contribution in [0.4, 0.5) is 0 Å². The van der Waals surface area contributed by atoms with Crippen LogP contribution in [0.3, 0.4) is 0 Å². The Hall–Kier alpha value is -3.06. The second-order valence-electron chi connectivity index (χ2n) is 6.18. The summed E-state index contributed by atoms with van der Waals surface area (Å²) in [6.45, 7) is 1.67. The number of carbonyl (C=O) groups excluding carboxylic acids is 1. The first kappa shape index (κ1) is 16.4. The summed E-state index contributed by atoms with van der Waals surface area (Å²) in [4.78, 5) is 21.0. The van der Waals surface area contributed by atoms with E-state index in [-0.39, 0.29) is 18.4 Å². The molecule has 0 aliphatic carbocycles. The molecule has 132 valence electrons. The minimum Gasteiger partial charge on any atom is -0.381 e. The lowest BCUT2D eigenvalue weighted by Crippen LogP contribution is -2.24. The van der Waals surface area contributed by atoms with Crippen LogP contribution in [-0.2, 0) is 11.3 Å². The zero-order chi connectivity index (χ0) is 17.8. The molecule has 1 saturated heterocycles. The van der Waals surface area contributed by atoms with E-state index >= 15 is 0 Å². The van der Waals surface area contributed by atoms with Crippen molar-refractivity contribution < 1.29 is 9.53 Å². The maximum Gasteiger partial charge on any atom is 0.270 e. The maximum absolute atomic E-state index is 12.4. The Morgan fingerprint density at radius 1 is 1.23 bits per heavy atom. The van der Waals surface area contributed by atoms with Gasteiger partial charge in [-0.05, 0) is 29.7 Å². The van der Waals surface area contributed by atoms with Gasteiger partial charge in [-0.1, -0.05) is 30.3 Å². The first-order chi connectivity index (χ1) is 12.8. The molecule has 7 heteroatoms. The summed E-state index contributed by atoms with van der Waals surface area (Å²) < 4.78 is 5.35. The van der Waals surface area contributed by atoms with Crippen molar-refractivity contribution in [2.24, 2.45) is 0 Å². The topological polar surface area (TPSA) is 92.8 Å². The molecule has 4 rings (SSSR count). The number of nitrogens with one attached hydrogen (secondary N) is 2. The second-order valence-corrected chi connectivity index (χ2v) is 6.18. The number of H-pyrrole nitrogens is 1. The fraction of sp³-hybridized carbons (Fsp3) is 0.263. The van der Waals surface area contributed by atoms with Crippen molar-refractivity contribution in [2.75, 3.05) is 13.2 Å². The van der Waals surface area contributed by atoms with E-state index in [1.54, 1.807) is 12.3 Å². The number of hydrogen-bond donors (Lipinski definition) is 2. The van der Waals surface area contributed by atoms with E-state index in [1.165, 1.54) is 0 Å². The van der Waals surface area contributed by atoms with Crippen LogP contribution in [0.15, 0.2) is 48.7 Å². The molecule has 1 unspecified atom stereocenters. The van der Waals surface area contributed by atoms with E-state index in [9.17, 15) is 4.79 Å². The molecule has 26 heavy (non-hydrogen) atoms. The number of amides is 1. The van der Waals surface area contributed by atoms with Crippen molar-refractivity contribution in [1.82, 2.24) is 25.5 Å². The molecule has 1 amide bonds. The Morgan fingerprint density at radius 3 is 2.92 bits per heavy atom. The number of hydrogen-bond acceptors (Lipinski definition) is 5. The molecular weight excluding hydrogens is 330 g/mol. The number of benzene rings is 1. The number of pyridine rings is 1. The van der Waals surface area contributed by atoms with Gasteiger partial charge in [-0.2, -0.15) is 5.10 Å². The molecule has 0 spiro atoms. The molecule has 1 atom stereocenters. The van der Waals surface area contributed by atoms with Crippen LogP contribution in [-0.4, -0.2) is 39.3 Å². The average Bonchev–Trinajstić information content (AvgIpc) is 3.38. The lowest BCUT2D eigenvalue weighted by molar-refractivity contribution is 0.0945. The lowest BCUT2D eigenvalue weighted by Gasteiger charge is -2.05. The van der Waals surface area contributed by atoms with Gasteiger partial charge >= 0.3 is 0 Å². The molecule has 7 nitrogen and oxygen atoms in total. The Morgan fingerprint density at radius 2 is 2.12 bits per heavy atom. The van der Waals surface area contributed by atoms with E-state index in [4.69, 9.17) is 4.74 Å². The smallest absolute Gasteiger partial charge is 0.270 e. The van der Waals surface area contributed by atoms with Gasteiger partial charge < -0.3 is 10.1 Å². The number of ether oxygens (including phenoxy) is 1. The molecule has 2 N–H and O–H groups in total. The van der Waals surface area contributed by atoms with E-state index in [0.29, 0.717) is 18.1 Å². The zero-order valence-electron chi connectivity index (χ0n) is 14.2. The first-order valence-corrected chi connectivity index (χ1v) is 8.58. The Balaban J connectivity index is 1.41. The normalized spacial score (nSPS) is 16.5. The summed E-state index contributed by atoms with van der Waals surface area (Å²) in [7, 11) is 0. The molecule has 1 fully saturated rings.